The fraction of sp³-hybridized carbons (Fsp3) is 0.333. The number of morpholine rings is 1. The molecule has 2 aromatic rings. The molecule has 2 aromatic heterocycles. The molecular weight excluding hydrogens is 348 g/mol. The fourth-order valence-corrected chi connectivity index (χ4v) is 3.77. The quantitative estimate of drug-likeness (QED) is 0.805. The molecule has 2 N–H and O–H groups in total. The minimum atomic E-state index is -3.64. The van der Waals surface area contributed by atoms with Crippen LogP contribution in [0.15, 0.2) is 35.5 Å². The average molecular weight is 366 g/mol. The molecule has 25 heavy (non-hydrogen) atoms. The largest absolute Gasteiger partial charge is 0.481 e. The average Bonchev–Trinajstić information content (AvgIpc) is 3.14. The van der Waals surface area contributed by atoms with Gasteiger partial charge < -0.3 is 19.8 Å². The Kier molecular flexibility index (Phi) is 5.02. The van der Waals surface area contributed by atoms with Crippen molar-refractivity contribution in [2.75, 3.05) is 38.7 Å². The smallest absolute Gasteiger partial charge is 0.272 e. The van der Waals surface area contributed by atoms with Crippen LogP contribution >= 0.6 is 0 Å². The van der Waals surface area contributed by atoms with E-state index >= 15 is 0 Å². The van der Waals surface area contributed by atoms with Gasteiger partial charge in [0, 0.05) is 25.4 Å². The molecule has 0 aliphatic carbocycles. The Balaban J connectivity index is 1.72. The summed E-state index contributed by atoms with van der Waals surface area (Å²) >= 11 is 0. The lowest BCUT2D eigenvalue weighted by molar-refractivity contribution is 0.0730. The summed E-state index contributed by atoms with van der Waals surface area (Å²) in [5, 5.41) is 2.64. The highest BCUT2D eigenvalue weighted by molar-refractivity contribution is 7.89. The Bertz CT molecular complexity index is 841. The maximum Gasteiger partial charge on any atom is 0.272 e. The van der Waals surface area contributed by atoms with Gasteiger partial charge in [-0.3, -0.25) is 4.79 Å². The van der Waals surface area contributed by atoms with E-state index < -0.39 is 15.9 Å². The Labute approximate surface area is 145 Å². The van der Waals surface area contributed by atoms with E-state index in [1.54, 1.807) is 12.1 Å². The van der Waals surface area contributed by atoms with E-state index in [0.717, 1.165) is 0 Å². The van der Waals surface area contributed by atoms with Gasteiger partial charge in [0.05, 0.1) is 32.2 Å². The third-order valence-electron chi connectivity index (χ3n) is 3.71. The van der Waals surface area contributed by atoms with Gasteiger partial charge in [0.15, 0.2) is 0 Å². The van der Waals surface area contributed by atoms with Crippen molar-refractivity contribution >= 4 is 21.6 Å². The SMILES string of the molecule is COc1ccc(NC(=O)c2cc(S(=O)(=O)N3CCOCC3)c[nH]2)cn1. The molecule has 0 radical (unpaired) electrons. The summed E-state index contributed by atoms with van der Waals surface area (Å²) in [6.45, 7) is 1.32. The number of hydrogen-bond acceptors (Lipinski definition) is 6. The summed E-state index contributed by atoms with van der Waals surface area (Å²) in [5.74, 6) is -0.0350. The summed E-state index contributed by atoms with van der Waals surface area (Å²) in [6.07, 6.45) is 2.76. The molecule has 134 valence electrons. The number of nitrogens with one attached hydrogen (secondary N) is 2. The lowest BCUT2D eigenvalue weighted by Gasteiger charge is -2.25. The molecule has 3 heterocycles. The summed E-state index contributed by atoms with van der Waals surface area (Å²) in [6, 6.07) is 4.56. The number of carbonyl (C=O) groups excluding carboxylic acids is 1. The first-order chi connectivity index (χ1) is 12.0. The second kappa shape index (κ2) is 7.21. The first kappa shape index (κ1) is 17.4. The predicted molar refractivity (Wildman–Crippen MR) is 89.1 cm³/mol. The molecule has 1 amide bonds. The van der Waals surface area contributed by atoms with E-state index in [0.29, 0.717) is 37.9 Å². The number of anilines is 1. The highest BCUT2D eigenvalue weighted by Gasteiger charge is 2.27. The predicted octanol–water partition coefficient (Wildman–Crippen LogP) is 0.691. The van der Waals surface area contributed by atoms with Gasteiger partial charge in [0.1, 0.15) is 10.6 Å². The number of H-pyrrole nitrogens is 1. The molecular formula is C15H18N4O5S. The molecule has 9 nitrogen and oxygen atoms in total. The van der Waals surface area contributed by atoms with Crippen LogP contribution < -0.4 is 10.1 Å². The van der Waals surface area contributed by atoms with Crippen LogP contribution in [0, 0.1) is 0 Å². The van der Waals surface area contributed by atoms with Crippen molar-refractivity contribution in [1.29, 1.82) is 0 Å². The van der Waals surface area contributed by atoms with E-state index in [1.165, 1.54) is 29.9 Å². The Morgan fingerprint density at radius 3 is 2.76 bits per heavy atom. The van der Waals surface area contributed by atoms with Gasteiger partial charge in [-0.15, -0.1) is 0 Å². The van der Waals surface area contributed by atoms with Crippen molar-refractivity contribution < 1.29 is 22.7 Å². The summed E-state index contributed by atoms with van der Waals surface area (Å²) in [4.78, 5) is 19.0. The van der Waals surface area contributed by atoms with Crippen LogP contribution in [0.25, 0.3) is 0 Å². The number of nitrogens with zero attached hydrogens (tertiary/aromatic N) is 2. The first-order valence-corrected chi connectivity index (χ1v) is 9.02. The maximum atomic E-state index is 12.5. The molecule has 0 unspecified atom stereocenters. The summed E-state index contributed by atoms with van der Waals surface area (Å²) in [7, 11) is -2.15. The van der Waals surface area contributed by atoms with Crippen molar-refractivity contribution in [3.63, 3.8) is 0 Å². The van der Waals surface area contributed by atoms with Crippen LogP contribution in [0.4, 0.5) is 5.69 Å². The molecule has 1 aliphatic heterocycles. The first-order valence-electron chi connectivity index (χ1n) is 7.58. The molecule has 10 heteroatoms. The van der Waals surface area contributed by atoms with Crippen LogP contribution in [0.3, 0.4) is 0 Å². The van der Waals surface area contributed by atoms with Crippen LogP contribution in [0.1, 0.15) is 10.5 Å². The molecule has 1 fully saturated rings. The second-order valence-corrected chi connectivity index (χ2v) is 7.25. The van der Waals surface area contributed by atoms with Gasteiger partial charge in [-0.05, 0) is 12.1 Å². The number of aromatic amines is 1. The topological polar surface area (TPSA) is 114 Å². The Morgan fingerprint density at radius 2 is 2.12 bits per heavy atom. The summed E-state index contributed by atoms with van der Waals surface area (Å²) in [5.41, 5.74) is 0.612. The van der Waals surface area contributed by atoms with Crippen LogP contribution in [0.2, 0.25) is 0 Å². The zero-order valence-electron chi connectivity index (χ0n) is 13.6. The lowest BCUT2D eigenvalue weighted by Crippen LogP contribution is -2.40. The van der Waals surface area contributed by atoms with Crippen molar-refractivity contribution in [3.8, 4) is 5.88 Å². The van der Waals surface area contributed by atoms with E-state index in [9.17, 15) is 13.2 Å². The molecule has 0 spiro atoms. The second-order valence-electron chi connectivity index (χ2n) is 5.31. The number of rotatable bonds is 5. The van der Waals surface area contributed by atoms with Gasteiger partial charge in [-0.2, -0.15) is 4.31 Å². The van der Waals surface area contributed by atoms with E-state index in [4.69, 9.17) is 9.47 Å². The standard InChI is InChI=1S/C15H18N4O5S/c1-23-14-3-2-11(9-17-14)18-15(20)13-8-12(10-16-13)25(21,22)19-4-6-24-7-5-19/h2-3,8-10,16H,4-7H2,1H3,(H,18,20). The molecule has 3 rings (SSSR count). The van der Waals surface area contributed by atoms with E-state index in [2.05, 4.69) is 15.3 Å². The fourth-order valence-electron chi connectivity index (χ4n) is 2.36. The third-order valence-corrected chi connectivity index (χ3v) is 5.59. The van der Waals surface area contributed by atoms with Gasteiger partial charge in [0.2, 0.25) is 15.9 Å². The molecule has 0 bridgehead atoms. The van der Waals surface area contributed by atoms with E-state index in [-0.39, 0.29) is 10.6 Å². The monoisotopic (exact) mass is 366 g/mol. The highest BCUT2D eigenvalue weighted by atomic mass is 32.2. The Hall–Kier alpha value is -2.43. The zero-order valence-corrected chi connectivity index (χ0v) is 14.4. The van der Waals surface area contributed by atoms with Crippen molar-refractivity contribution in [1.82, 2.24) is 14.3 Å². The van der Waals surface area contributed by atoms with Crippen molar-refractivity contribution in [2.45, 2.75) is 4.90 Å². The number of hydrogen-bond donors (Lipinski definition) is 2. The minimum absolute atomic E-state index is 0.0485. The number of ether oxygens (including phenoxy) is 2. The van der Waals surface area contributed by atoms with Gasteiger partial charge in [-0.25, -0.2) is 13.4 Å². The molecule has 0 aromatic carbocycles. The van der Waals surface area contributed by atoms with Crippen LogP contribution in [0.5, 0.6) is 5.88 Å². The molecule has 0 saturated carbocycles. The Morgan fingerprint density at radius 1 is 1.36 bits per heavy atom. The normalized spacial score (nSPS) is 15.7. The van der Waals surface area contributed by atoms with Gasteiger partial charge >= 0.3 is 0 Å². The maximum absolute atomic E-state index is 12.5. The minimum Gasteiger partial charge on any atom is -0.481 e. The third kappa shape index (κ3) is 3.81. The van der Waals surface area contributed by atoms with Crippen LogP contribution in [-0.4, -0.2) is 62.0 Å². The van der Waals surface area contributed by atoms with Crippen molar-refractivity contribution in [2.24, 2.45) is 0 Å². The zero-order chi connectivity index (χ0) is 17.9. The number of sulfonamides is 1. The lowest BCUT2D eigenvalue weighted by atomic mass is 10.3. The van der Waals surface area contributed by atoms with Gasteiger partial charge in [0.25, 0.3) is 5.91 Å². The number of pyridine rings is 1. The van der Waals surface area contributed by atoms with Crippen molar-refractivity contribution in [3.05, 3.63) is 36.3 Å². The van der Waals surface area contributed by atoms with Gasteiger partial charge in [-0.1, -0.05) is 0 Å². The number of methoxy groups -OCH3 is 1. The molecule has 0 atom stereocenters. The van der Waals surface area contributed by atoms with Crippen LogP contribution in [-0.2, 0) is 14.8 Å². The summed E-state index contributed by atoms with van der Waals surface area (Å²) < 4.78 is 36.5. The van der Waals surface area contributed by atoms with E-state index in [1.807, 2.05) is 0 Å². The number of carbonyl (C=O) groups is 1. The number of amides is 1. The highest BCUT2D eigenvalue weighted by Crippen LogP contribution is 2.19. The number of aromatic nitrogens is 2. The molecule has 1 saturated heterocycles. The molecule has 1 aliphatic rings.